The van der Waals surface area contributed by atoms with Gasteiger partial charge in [0.1, 0.15) is 6.04 Å². The molecule has 10 nitrogen and oxygen atoms in total. The quantitative estimate of drug-likeness (QED) is 0.643. The summed E-state index contributed by atoms with van der Waals surface area (Å²) in [6, 6.07) is 5.13. The van der Waals surface area contributed by atoms with Gasteiger partial charge in [-0.1, -0.05) is 12.1 Å². The van der Waals surface area contributed by atoms with E-state index in [2.05, 4.69) is 5.32 Å². The van der Waals surface area contributed by atoms with Gasteiger partial charge in [0, 0.05) is 26.6 Å². The number of fused-ring (bicyclic) bond motifs is 1. The fourth-order valence-corrected chi connectivity index (χ4v) is 5.63. The summed E-state index contributed by atoms with van der Waals surface area (Å²) in [7, 11) is 1.73. The number of carbonyl (C=O) groups excluding carboxylic acids is 2. The van der Waals surface area contributed by atoms with Crippen molar-refractivity contribution in [2.75, 3.05) is 13.1 Å². The van der Waals surface area contributed by atoms with Crippen LogP contribution >= 0.6 is 0 Å². The van der Waals surface area contributed by atoms with Crippen molar-refractivity contribution in [3.05, 3.63) is 34.2 Å². The van der Waals surface area contributed by atoms with Crippen LogP contribution in [0.4, 0.5) is 4.79 Å². The van der Waals surface area contributed by atoms with Crippen LogP contribution in [0.3, 0.4) is 0 Å². The smallest absolute Gasteiger partial charge is 0.407 e. The van der Waals surface area contributed by atoms with E-state index in [1.54, 1.807) is 11.6 Å². The number of ether oxygens (including phenoxy) is 1. The van der Waals surface area contributed by atoms with Gasteiger partial charge < -0.3 is 14.7 Å². The first kappa shape index (κ1) is 22.6. The minimum atomic E-state index is -0.864. The minimum Gasteiger partial charge on any atom is -0.465 e. The van der Waals surface area contributed by atoms with Gasteiger partial charge in [0.15, 0.2) is 0 Å². The second kappa shape index (κ2) is 8.90. The number of amides is 3. The van der Waals surface area contributed by atoms with E-state index >= 15 is 0 Å². The molecule has 2 saturated heterocycles. The number of aromatic nitrogens is 2. The maximum atomic E-state index is 13.1. The molecular formula is C24H30N4O6. The average molecular weight is 471 g/mol. The van der Waals surface area contributed by atoms with Crippen LogP contribution in [-0.4, -0.2) is 62.3 Å². The predicted molar refractivity (Wildman–Crippen MR) is 123 cm³/mol. The Morgan fingerprint density at radius 2 is 1.85 bits per heavy atom. The largest absolute Gasteiger partial charge is 0.465 e. The van der Waals surface area contributed by atoms with Crippen molar-refractivity contribution in [3.63, 3.8) is 0 Å². The Morgan fingerprint density at radius 1 is 1.12 bits per heavy atom. The molecule has 3 amide bonds. The van der Waals surface area contributed by atoms with Crippen LogP contribution in [0.2, 0.25) is 0 Å². The lowest BCUT2D eigenvalue weighted by Gasteiger charge is -2.39. The summed E-state index contributed by atoms with van der Waals surface area (Å²) in [5, 5.41) is 11.4. The fraction of sp³-hybridized carbons (Fsp3) is 0.583. The van der Waals surface area contributed by atoms with E-state index in [1.165, 1.54) is 9.47 Å². The minimum absolute atomic E-state index is 0.119. The first-order valence-corrected chi connectivity index (χ1v) is 12.0. The van der Waals surface area contributed by atoms with E-state index < -0.39 is 18.0 Å². The topological polar surface area (TPSA) is 123 Å². The first-order valence-electron chi connectivity index (χ1n) is 12.0. The number of imidazole rings is 1. The highest BCUT2D eigenvalue weighted by Gasteiger charge is 2.35. The molecule has 1 unspecified atom stereocenters. The summed E-state index contributed by atoms with van der Waals surface area (Å²) in [5.74, 6) is -0.280. The standard InChI is InChI=1S/C24H30N4O6/c1-26-21-15(11-14-12-17(13-14)34-16-7-9-27(10-8-16)24(32)33)3-2-4-18(21)28(23(26)31)19-5-6-20(29)25-22(19)30/h2-4,14,16-17,19H,5-13H2,1H3,(H,32,33)(H,25,29,30). The van der Waals surface area contributed by atoms with Crippen molar-refractivity contribution in [3.8, 4) is 0 Å². The van der Waals surface area contributed by atoms with E-state index in [4.69, 9.17) is 9.84 Å². The molecule has 34 heavy (non-hydrogen) atoms. The number of hydrogen-bond acceptors (Lipinski definition) is 5. The lowest BCUT2D eigenvalue weighted by atomic mass is 9.78. The summed E-state index contributed by atoms with van der Waals surface area (Å²) >= 11 is 0. The van der Waals surface area contributed by atoms with Gasteiger partial charge in [-0.3, -0.25) is 24.0 Å². The summed E-state index contributed by atoms with van der Waals surface area (Å²) in [5.41, 5.74) is 2.38. The Morgan fingerprint density at radius 3 is 2.53 bits per heavy atom. The maximum Gasteiger partial charge on any atom is 0.407 e. The van der Waals surface area contributed by atoms with Crippen molar-refractivity contribution in [1.29, 1.82) is 0 Å². The second-order valence-electron chi connectivity index (χ2n) is 9.73. The van der Waals surface area contributed by atoms with Gasteiger partial charge >= 0.3 is 11.8 Å². The summed E-state index contributed by atoms with van der Waals surface area (Å²) in [6.07, 6.45) is 4.17. The molecule has 1 aromatic carbocycles. The van der Waals surface area contributed by atoms with Crippen molar-refractivity contribution >= 4 is 28.9 Å². The van der Waals surface area contributed by atoms with Gasteiger partial charge in [-0.05, 0) is 56.1 Å². The number of hydrogen-bond donors (Lipinski definition) is 2. The third kappa shape index (κ3) is 4.11. The lowest BCUT2D eigenvalue weighted by Crippen LogP contribution is -2.44. The number of aryl methyl sites for hydroxylation is 1. The molecule has 3 aliphatic rings. The molecule has 2 aliphatic heterocycles. The molecule has 5 rings (SSSR count). The highest BCUT2D eigenvalue weighted by Crippen LogP contribution is 2.36. The molecule has 10 heteroatoms. The van der Waals surface area contributed by atoms with Crippen LogP contribution in [0.15, 0.2) is 23.0 Å². The van der Waals surface area contributed by atoms with Crippen LogP contribution in [-0.2, 0) is 27.8 Å². The van der Waals surface area contributed by atoms with Gasteiger partial charge in [0.2, 0.25) is 11.8 Å². The number of piperidine rings is 2. The molecule has 182 valence electrons. The van der Waals surface area contributed by atoms with Gasteiger partial charge in [0.05, 0.1) is 23.2 Å². The zero-order valence-electron chi connectivity index (χ0n) is 19.2. The van der Waals surface area contributed by atoms with Crippen molar-refractivity contribution < 1.29 is 24.2 Å². The van der Waals surface area contributed by atoms with E-state index in [1.807, 2.05) is 18.2 Å². The zero-order valence-corrected chi connectivity index (χ0v) is 19.2. The summed E-state index contributed by atoms with van der Waals surface area (Å²) < 4.78 is 9.34. The Bertz CT molecular complexity index is 1190. The number of likely N-dealkylation sites (tertiary alicyclic amines) is 1. The molecule has 0 spiro atoms. The van der Waals surface area contributed by atoms with Gasteiger partial charge in [-0.2, -0.15) is 0 Å². The highest BCUT2D eigenvalue weighted by atomic mass is 16.5. The number of rotatable bonds is 5. The molecular weight excluding hydrogens is 440 g/mol. The Labute approximate surface area is 196 Å². The number of para-hydroxylation sites is 1. The molecule has 2 aromatic rings. The molecule has 1 aliphatic carbocycles. The monoisotopic (exact) mass is 470 g/mol. The number of carbonyl (C=O) groups is 3. The average Bonchev–Trinajstić information content (AvgIpc) is 3.03. The molecule has 3 fully saturated rings. The van der Waals surface area contributed by atoms with Crippen LogP contribution in [0.5, 0.6) is 0 Å². The van der Waals surface area contributed by atoms with Gasteiger partial charge in [0.25, 0.3) is 0 Å². The maximum absolute atomic E-state index is 13.1. The van der Waals surface area contributed by atoms with E-state index in [9.17, 15) is 19.2 Å². The van der Waals surface area contributed by atoms with Crippen molar-refractivity contribution in [2.45, 2.75) is 63.2 Å². The third-order valence-electron chi connectivity index (χ3n) is 7.51. The zero-order chi connectivity index (χ0) is 24.0. The van der Waals surface area contributed by atoms with E-state index in [-0.39, 0.29) is 30.2 Å². The summed E-state index contributed by atoms with van der Waals surface area (Å²) in [6.45, 7) is 1.05. The first-order chi connectivity index (χ1) is 16.3. The van der Waals surface area contributed by atoms with Crippen molar-refractivity contribution in [2.24, 2.45) is 13.0 Å². The lowest BCUT2D eigenvalue weighted by molar-refractivity contribution is -0.135. The number of imide groups is 1. The SMILES string of the molecule is Cn1c(=O)n(C2CCC(=O)NC2=O)c2cccc(CC3CC(OC4CCN(C(=O)O)CC4)C3)c21. The fourth-order valence-electron chi connectivity index (χ4n) is 5.63. The summed E-state index contributed by atoms with van der Waals surface area (Å²) in [4.78, 5) is 49.6. The van der Waals surface area contributed by atoms with E-state index in [0.717, 1.165) is 48.7 Å². The van der Waals surface area contributed by atoms with Crippen LogP contribution < -0.4 is 11.0 Å². The van der Waals surface area contributed by atoms with Crippen LogP contribution in [0, 0.1) is 5.92 Å². The molecule has 2 N–H and O–H groups in total. The van der Waals surface area contributed by atoms with Gasteiger partial charge in [-0.15, -0.1) is 0 Å². The second-order valence-corrected chi connectivity index (χ2v) is 9.73. The molecule has 0 radical (unpaired) electrons. The Kier molecular flexibility index (Phi) is 5.93. The molecule has 1 atom stereocenters. The van der Waals surface area contributed by atoms with Gasteiger partial charge in [-0.25, -0.2) is 9.59 Å². The highest BCUT2D eigenvalue weighted by molar-refractivity contribution is 6.00. The number of carboxylic acid groups (broad SMARTS) is 1. The van der Waals surface area contributed by atoms with Crippen molar-refractivity contribution in [1.82, 2.24) is 19.4 Å². The normalized spacial score (nSPS) is 25.9. The number of nitrogens with zero attached hydrogens (tertiary/aromatic N) is 3. The Balaban J connectivity index is 1.25. The molecule has 3 heterocycles. The Hall–Kier alpha value is -3.14. The molecule has 1 aromatic heterocycles. The molecule has 0 bridgehead atoms. The van der Waals surface area contributed by atoms with E-state index in [0.29, 0.717) is 25.4 Å². The number of nitrogens with one attached hydrogen (secondary N) is 1. The van der Waals surface area contributed by atoms with Crippen LogP contribution in [0.25, 0.3) is 11.0 Å². The third-order valence-corrected chi connectivity index (χ3v) is 7.51. The number of benzene rings is 1. The van der Waals surface area contributed by atoms with Crippen LogP contribution in [0.1, 0.15) is 50.1 Å². The predicted octanol–water partition coefficient (Wildman–Crippen LogP) is 1.80. The molecule has 1 saturated carbocycles.